The van der Waals surface area contributed by atoms with Crippen molar-refractivity contribution in [1.82, 2.24) is 10.3 Å². The summed E-state index contributed by atoms with van der Waals surface area (Å²) >= 11 is 6.08. The zero-order valence-electron chi connectivity index (χ0n) is 11.5. The van der Waals surface area contributed by atoms with E-state index in [-0.39, 0.29) is 0 Å². The first kappa shape index (κ1) is 14.4. The van der Waals surface area contributed by atoms with Gasteiger partial charge in [0, 0.05) is 12.6 Å². The zero-order valence-corrected chi connectivity index (χ0v) is 12.3. The van der Waals surface area contributed by atoms with E-state index in [0.717, 1.165) is 25.1 Å². The minimum Gasteiger partial charge on any atom is -0.477 e. The molecule has 2 unspecified atom stereocenters. The van der Waals surface area contributed by atoms with E-state index in [0.29, 0.717) is 29.3 Å². The molecule has 1 N–H and O–H groups in total. The second-order valence-electron chi connectivity index (χ2n) is 5.10. The molecule has 0 aliphatic heterocycles. The molecule has 104 valence electrons. The van der Waals surface area contributed by atoms with Crippen LogP contribution in [-0.4, -0.2) is 18.6 Å². The van der Waals surface area contributed by atoms with Crippen LogP contribution >= 0.6 is 11.6 Å². The van der Waals surface area contributed by atoms with E-state index >= 15 is 0 Å². The zero-order chi connectivity index (χ0) is 13.7. The molecule has 4 heteroatoms. The van der Waals surface area contributed by atoms with Gasteiger partial charge in [-0.1, -0.05) is 30.7 Å². The van der Waals surface area contributed by atoms with Gasteiger partial charge in [0.1, 0.15) is 0 Å². The number of halogens is 1. The molecule has 0 spiro atoms. The van der Waals surface area contributed by atoms with Gasteiger partial charge in [0.25, 0.3) is 0 Å². The molecule has 1 aromatic rings. The lowest BCUT2D eigenvalue weighted by atomic mass is 9.85. The van der Waals surface area contributed by atoms with E-state index in [1.165, 1.54) is 0 Å². The molecule has 2 atom stereocenters. The lowest BCUT2D eigenvalue weighted by Crippen LogP contribution is -2.21. The Labute approximate surface area is 120 Å². The predicted octanol–water partition coefficient (Wildman–Crippen LogP) is 3.44. The van der Waals surface area contributed by atoms with Crippen LogP contribution in [0.3, 0.4) is 0 Å². The van der Waals surface area contributed by atoms with Crippen LogP contribution in [0.25, 0.3) is 0 Å². The standard InChI is InChI=1S/C15H21ClN2O/c1-11-5-3-4-6-12(11)10-19-15-8-7-13(16)14(18-15)9-17-2/h3-4,7-8,11-12,17H,5-6,9-10H2,1-2H3. The molecule has 1 heterocycles. The largest absolute Gasteiger partial charge is 0.477 e. The van der Waals surface area contributed by atoms with Crippen LogP contribution < -0.4 is 10.1 Å². The summed E-state index contributed by atoms with van der Waals surface area (Å²) in [5.74, 6) is 1.92. The highest BCUT2D eigenvalue weighted by Gasteiger charge is 2.19. The molecule has 19 heavy (non-hydrogen) atoms. The Bertz CT molecular complexity index is 448. The second-order valence-corrected chi connectivity index (χ2v) is 5.51. The number of hydrogen-bond acceptors (Lipinski definition) is 3. The maximum atomic E-state index is 6.08. The quantitative estimate of drug-likeness (QED) is 0.839. The molecule has 0 bridgehead atoms. The Balaban J connectivity index is 1.95. The maximum absolute atomic E-state index is 6.08. The maximum Gasteiger partial charge on any atom is 0.213 e. The summed E-state index contributed by atoms with van der Waals surface area (Å²) in [5, 5.41) is 3.73. The van der Waals surface area contributed by atoms with E-state index in [1.54, 1.807) is 0 Å². The summed E-state index contributed by atoms with van der Waals surface area (Å²) in [4.78, 5) is 4.44. The average molecular weight is 281 g/mol. The number of ether oxygens (including phenoxy) is 1. The van der Waals surface area contributed by atoms with Gasteiger partial charge in [0.2, 0.25) is 5.88 Å². The fourth-order valence-corrected chi connectivity index (χ4v) is 2.44. The first-order chi connectivity index (χ1) is 9.20. The van der Waals surface area contributed by atoms with Crippen LogP contribution in [0, 0.1) is 11.8 Å². The fourth-order valence-electron chi connectivity index (χ4n) is 2.27. The lowest BCUT2D eigenvalue weighted by molar-refractivity contribution is 0.192. The number of allylic oxidation sites excluding steroid dienone is 2. The van der Waals surface area contributed by atoms with Gasteiger partial charge >= 0.3 is 0 Å². The molecule has 0 amide bonds. The number of aromatic nitrogens is 1. The molecule has 3 nitrogen and oxygen atoms in total. The van der Waals surface area contributed by atoms with Gasteiger partial charge in [-0.2, -0.15) is 0 Å². The van der Waals surface area contributed by atoms with Crippen molar-refractivity contribution in [3.05, 3.63) is 35.0 Å². The van der Waals surface area contributed by atoms with E-state index in [9.17, 15) is 0 Å². The van der Waals surface area contributed by atoms with Gasteiger partial charge in [-0.05, 0) is 37.8 Å². The van der Waals surface area contributed by atoms with Crippen molar-refractivity contribution in [3.63, 3.8) is 0 Å². The monoisotopic (exact) mass is 280 g/mol. The number of hydrogen-bond donors (Lipinski definition) is 1. The van der Waals surface area contributed by atoms with Crippen LogP contribution in [0.5, 0.6) is 5.88 Å². The van der Waals surface area contributed by atoms with Gasteiger partial charge < -0.3 is 10.1 Å². The van der Waals surface area contributed by atoms with Crippen LogP contribution in [0.15, 0.2) is 24.3 Å². The molecule has 2 rings (SSSR count). The molecule has 0 aromatic carbocycles. The van der Waals surface area contributed by atoms with Gasteiger partial charge in [-0.3, -0.25) is 0 Å². The fraction of sp³-hybridized carbons (Fsp3) is 0.533. The number of nitrogens with one attached hydrogen (secondary N) is 1. The number of pyridine rings is 1. The van der Waals surface area contributed by atoms with E-state index in [4.69, 9.17) is 16.3 Å². The van der Waals surface area contributed by atoms with Gasteiger partial charge in [0.15, 0.2) is 0 Å². The van der Waals surface area contributed by atoms with Crippen LogP contribution in [0.4, 0.5) is 0 Å². The van der Waals surface area contributed by atoms with Gasteiger partial charge in [0.05, 0.1) is 17.3 Å². The summed E-state index contributed by atoms with van der Waals surface area (Å²) in [6.45, 7) is 3.65. The number of rotatable bonds is 5. The summed E-state index contributed by atoms with van der Waals surface area (Å²) in [6.07, 6.45) is 6.74. The minimum atomic E-state index is 0.579. The Hall–Kier alpha value is -1.06. The highest BCUT2D eigenvalue weighted by molar-refractivity contribution is 6.31. The minimum absolute atomic E-state index is 0.579. The average Bonchev–Trinajstić information content (AvgIpc) is 2.41. The summed E-state index contributed by atoms with van der Waals surface area (Å²) < 4.78 is 5.83. The molecular weight excluding hydrogens is 260 g/mol. The predicted molar refractivity (Wildman–Crippen MR) is 78.5 cm³/mol. The number of nitrogens with zero attached hydrogens (tertiary/aromatic N) is 1. The third kappa shape index (κ3) is 3.95. The van der Waals surface area contributed by atoms with Crippen molar-refractivity contribution < 1.29 is 4.74 Å². The summed E-state index contributed by atoms with van der Waals surface area (Å²) in [5.41, 5.74) is 0.832. The van der Waals surface area contributed by atoms with Crippen molar-refractivity contribution in [3.8, 4) is 5.88 Å². The van der Waals surface area contributed by atoms with Gasteiger partial charge in [-0.15, -0.1) is 0 Å². The molecule has 0 saturated carbocycles. The Morgan fingerprint density at radius 2 is 2.16 bits per heavy atom. The second kappa shape index (κ2) is 6.92. The normalized spacial score (nSPS) is 22.5. The van der Waals surface area contributed by atoms with Crippen LogP contribution in [-0.2, 0) is 6.54 Å². The lowest BCUT2D eigenvalue weighted by Gasteiger charge is -2.25. The SMILES string of the molecule is CNCc1nc(OCC2CC=CCC2C)ccc1Cl. The van der Waals surface area contributed by atoms with E-state index in [1.807, 2.05) is 19.2 Å². The molecule has 1 aliphatic rings. The molecule has 0 saturated heterocycles. The Morgan fingerprint density at radius 3 is 2.89 bits per heavy atom. The van der Waals surface area contributed by atoms with Crippen LogP contribution in [0.2, 0.25) is 5.02 Å². The molecule has 1 aromatic heterocycles. The molecular formula is C15H21ClN2O. The van der Waals surface area contributed by atoms with Crippen molar-refractivity contribution in [2.24, 2.45) is 11.8 Å². The third-order valence-corrected chi connectivity index (χ3v) is 3.94. The summed E-state index contributed by atoms with van der Waals surface area (Å²) in [7, 11) is 1.88. The summed E-state index contributed by atoms with van der Waals surface area (Å²) in [6, 6.07) is 3.69. The smallest absolute Gasteiger partial charge is 0.213 e. The molecule has 0 radical (unpaired) electrons. The highest BCUT2D eigenvalue weighted by atomic mass is 35.5. The van der Waals surface area contributed by atoms with E-state index < -0.39 is 0 Å². The Morgan fingerprint density at radius 1 is 1.37 bits per heavy atom. The highest BCUT2D eigenvalue weighted by Crippen LogP contribution is 2.26. The molecule has 1 aliphatic carbocycles. The topological polar surface area (TPSA) is 34.2 Å². The van der Waals surface area contributed by atoms with Crippen molar-refractivity contribution in [2.45, 2.75) is 26.3 Å². The van der Waals surface area contributed by atoms with Gasteiger partial charge in [-0.25, -0.2) is 4.98 Å². The van der Waals surface area contributed by atoms with E-state index in [2.05, 4.69) is 29.4 Å². The first-order valence-electron chi connectivity index (χ1n) is 6.78. The van der Waals surface area contributed by atoms with Crippen molar-refractivity contribution in [2.75, 3.05) is 13.7 Å². The van der Waals surface area contributed by atoms with Crippen molar-refractivity contribution in [1.29, 1.82) is 0 Å². The third-order valence-electron chi connectivity index (χ3n) is 3.60. The first-order valence-corrected chi connectivity index (χ1v) is 7.16. The molecule has 0 fully saturated rings. The Kier molecular flexibility index (Phi) is 5.23. The van der Waals surface area contributed by atoms with Crippen molar-refractivity contribution >= 4 is 11.6 Å². The van der Waals surface area contributed by atoms with Crippen LogP contribution in [0.1, 0.15) is 25.5 Å².